The number of carbonyl (C=O) groups excluding carboxylic acids is 1. The largest absolute Gasteiger partial charge is 0.358 e. The number of H-pyrrole nitrogens is 2. The van der Waals surface area contributed by atoms with E-state index in [0.29, 0.717) is 21.3 Å². The molecule has 2 aromatic carbocycles. The number of carbonyl (C=O) groups is 1. The first-order valence-corrected chi connectivity index (χ1v) is 9.20. The molecule has 0 saturated heterocycles. The average molecular weight is 412 g/mol. The summed E-state index contributed by atoms with van der Waals surface area (Å²) >= 11 is 12.1. The molecule has 4 aromatic rings. The predicted molar refractivity (Wildman–Crippen MR) is 112 cm³/mol. The van der Waals surface area contributed by atoms with E-state index in [1.54, 1.807) is 30.5 Å². The van der Waals surface area contributed by atoms with Gasteiger partial charge in [0, 0.05) is 32.7 Å². The number of rotatable bonds is 4. The molecule has 0 atom stereocenters. The Bertz CT molecular complexity index is 1210. The highest BCUT2D eigenvalue weighted by atomic mass is 35.5. The molecule has 140 valence electrons. The maximum absolute atomic E-state index is 12.3. The molecule has 28 heavy (non-hydrogen) atoms. The molecule has 6 nitrogen and oxygen atoms in total. The van der Waals surface area contributed by atoms with Gasteiger partial charge in [-0.05, 0) is 37.3 Å². The minimum absolute atomic E-state index is 0.272. The molecule has 0 spiro atoms. The van der Waals surface area contributed by atoms with E-state index in [4.69, 9.17) is 23.2 Å². The Morgan fingerprint density at radius 2 is 2.00 bits per heavy atom. The normalized spacial score (nSPS) is 11.4. The lowest BCUT2D eigenvalue weighted by molar-refractivity contribution is 0.0950. The SMILES string of the molecule is Cc1[nH]c2ccccc2c1C=NNC(=O)c1cc(-c2ccc(Cl)cc2Cl)n[nH]1. The summed E-state index contributed by atoms with van der Waals surface area (Å²) in [5.74, 6) is -0.405. The molecule has 0 unspecified atom stereocenters. The molecule has 2 heterocycles. The number of hydrazone groups is 1. The van der Waals surface area contributed by atoms with E-state index in [0.717, 1.165) is 22.2 Å². The first kappa shape index (κ1) is 18.3. The number of hydrogen-bond donors (Lipinski definition) is 3. The molecule has 1 amide bonds. The number of benzene rings is 2. The van der Waals surface area contributed by atoms with Crippen LogP contribution in [0.1, 0.15) is 21.7 Å². The van der Waals surface area contributed by atoms with Gasteiger partial charge in [-0.1, -0.05) is 41.4 Å². The second-order valence-electron chi connectivity index (χ2n) is 6.20. The molecule has 0 saturated carbocycles. The minimum Gasteiger partial charge on any atom is -0.358 e. The van der Waals surface area contributed by atoms with Crippen LogP contribution in [0.5, 0.6) is 0 Å². The van der Waals surface area contributed by atoms with Crippen molar-refractivity contribution in [3.8, 4) is 11.3 Å². The fourth-order valence-electron chi connectivity index (χ4n) is 2.95. The fourth-order valence-corrected chi connectivity index (χ4v) is 3.46. The quantitative estimate of drug-likeness (QED) is 0.328. The maximum Gasteiger partial charge on any atom is 0.289 e. The Kier molecular flexibility index (Phi) is 4.90. The summed E-state index contributed by atoms with van der Waals surface area (Å²) in [6.07, 6.45) is 1.62. The highest BCUT2D eigenvalue weighted by Gasteiger charge is 2.13. The summed E-state index contributed by atoms with van der Waals surface area (Å²) < 4.78 is 0. The zero-order valence-electron chi connectivity index (χ0n) is 14.8. The Labute approximate surface area is 170 Å². The third-order valence-electron chi connectivity index (χ3n) is 4.33. The molecule has 0 aliphatic carbocycles. The summed E-state index contributed by atoms with van der Waals surface area (Å²) in [4.78, 5) is 15.6. The number of nitrogens with zero attached hydrogens (tertiary/aromatic N) is 2. The van der Waals surface area contributed by atoms with E-state index < -0.39 is 5.91 Å². The van der Waals surface area contributed by atoms with Crippen LogP contribution in [0.15, 0.2) is 53.6 Å². The van der Waals surface area contributed by atoms with Crippen LogP contribution in [-0.2, 0) is 0 Å². The molecule has 0 bridgehead atoms. The van der Waals surface area contributed by atoms with Crippen LogP contribution in [0.25, 0.3) is 22.2 Å². The topological polar surface area (TPSA) is 85.9 Å². The number of nitrogens with one attached hydrogen (secondary N) is 3. The van der Waals surface area contributed by atoms with E-state index in [9.17, 15) is 4.79 Å². The van der Waals surface area contributed by atoms with Crippen molar-refractivity contribution in [2.75, 3.05) is 0 Å². The van der Waals surface area contributed by atoms with Crippen molar-refractivity contribution in [1.82, 2.24) is 20.6 Å². The number of hydrogen-bond acceptors (Lipinski definition) is 3. The van der Waals surface area contributed by atoms with Crippen molar-refractivity contribution in [2.45, 2.75) is 6.92 Å². The van der Waals surface area contributed by atoms with Gasteiger partial charge in [-0.2, -0.15) is 10.2 Å². The molecule has 4 rings (SSSR count). The van der Waals surface area contributed by atoms with Gasteiger partial charge in [-0.15, -0.1) is 0 Å². The van der Waals surface area contributed by atoms with Crippen molar-refractivity contribution in [3.05, 3.63) is 75.5 Å². The summed E-state index contributed by atoms with van der Waals surface area (Å²) in [6, 6.07) is 14.6. The second kappa shape index (κ2) is 7.50. The molecular formula is C20H15Cl2N5O. The number of aryl methyl sites for hydroxylation is 1. The van der Waals surface area contributed by atoms with Crippen LogP contribution in [-0.4, -0.2) is 27.3 Å². The van der Waals surface area contributed by atoms with Crippen LogP contribution in [0.2, 0.25) is 10.0 Å². The molecule has 2 aromatic heterocycles. The Balaban J connectivity index is 1.51. The number of halogens is 2. The lowest BCUT2D eigenvalue weighted by Gasteiger charge is -2.00. The van der Waals surface area contributed by atoms with Crippen molar-refractivity contribution in [2.24, 2.45) is 5.10 Å². The lowest BCUT2D eigenvalue weighted by Crippen LogP contribution is -2.18. The first-order valence-electron chi connectivity index (χ1n) is 8.44. The Morgan fingerprint density at radius 3 is 2.82 bits per heavy atom. The maximum atomic E-state index is 12.3. The number of fused-ring (bicyclic) bond motifs is 1. The van der Waals surface area contributed by atoms with Crippen LogP contribution in [0.4, 0.5) is 0 Å². The number of amides is 1. The van der Waals surface area contributed by atoms with Gasteiger partial charge in [-0.3, -0.25) is 9.89 Å². The summed E-state index contributed by atoms with van der Waals surface area (Å²) in [7, 11) is 0. The van der Waals surface area contributed by atoms with Crippen molar-refractivity contribution >= 4 is 46.2 Å². The van der Waals surface area contributed by atoms with Crippen molar-refractivity contribution < 1.29 is 4.79 Å². The molecule has 0 aliphatic heterocycles. The van der Waals surface area contributed by atoms with Gasteiger partial charge in [-0.25, -0.2) is 5.43 Å². The predicted octanol–water partition coefficient (Wildman–Crippen LogP) is 4.94. The van der Waals surface area contributed by atoms with E-state index >= 15 is 0 Å². The van der Waals surface area contributed by atoms with E-state index in [1.165, 1.54) is 0 Å². The number of aromatic nitrogens is 3. The van der Waals surface area contributed by atoms with Gasteiger partial charge in [0.05, 0.1) is 16.9 Å². The van der Waals surface area contributed by atoms with E-state index in [-0.39, 0.29) is 5.69 Å². The smallest absolute Gasteiger partial charge is 0.289 e. The lowest BCUT2D eigenvalue weighted by atomic mass is 10.1. The van der Waals surface area contributed by atoms with Gasteiger partial charge >= 0.3 is 0 Å². The van der Waals surface area contributed by atoms with E-state index in [2.05, 4.69) is 25.7 Å². The molecular weight excluding hydrogens is 397 g/mol. The van der Waals surface area contributed by atoms with Crippen LogP contribution in [0.3, 0.4) is 0 Å². The van der Waals surface area contributed by atoms with Crippen LogP contribution >= 0.6 is 23.2 Å². The van der Waals surface area contributed by atoms with Gasteiger partial charge in [0.2, 0.25) is 0 Å². The van der Waals surface area contributed by atoms with Crippen molar-refractivity contribution in [3.63, 3.8) is 0 Å². The van der Waals surface area contributed by atoms with Crippen molar-refractivity contribution in [1.29, 1.82) is 0 Å². The fraction of sp³-hybridized carbons (Fsp3) is 0.0500. The highest BCUT2D eigenvalue weighted by Crippen LogP contribution is 2.29. The zero-order chi connectivity index (χ0) is 19.7. The number of aromatic amines is 2. The van der Waals surface area contributed by atoms with Gasteiger partial charge in [0.15, 0.2) is 0 Å². The van der Waals surface area contributed by atoms with Crippen LogP contribution < -0.4 is 5.43 Å². The third-order valence-corrected chi connectivity index (χ3v) is 4.88. The molecule has 0 fully saturated rings. The summed E-state index contributed by atoms with van der Waals surface area (Å²) in [6.45, 7) is 1.96. The Hall–Kier alpha value is -3.09. The highest BCUT2D eigenvalue weighted by molar-refractivity contribution is 6.36. The van der Waals surface area contributed by atoms with Crippen LogP contribution in [0, 0.1) is 6.92 Å². The molecule has 0 radical (unpaired) electrons. The summed E-state index contributed by atoms with van der Waals surface area (Å²) in [5, 5.41) is 12.9. The molecule has 0 aliphatic rings. The molecule has 8 heteroatoms. The average Bonchev–Trinajstić information content (AvgIpc) is 3.27. The van der Waals surface area contributed by atoms with Gasteiger partial charge in [0.1, 0.15) is 5.69 Å². The van der Waals surface area contributed by atoms with E-state index in [1.807, 2.05) is 31.2 Å². The minimum atomic E-state index is -0.405. The monoisotopic (exact) mass is 411 g/mol. The molecule has 3 N–H and O–H groups in total. The first-order chi connectivity index (χ1) is 13.5. The third kappa shape index (κ3) is 3.52. The number of para-hydroxylation sites is 1. The summed E-state index contributed by atoms with van der Waals surface area (Å²) in [5.41, 5.74) is 6.92. The standard InChI is InChI=1S/C20H15Cl2N5O/c1-11-15(13-4-2-3-5-17(13)24-11)10-23-27-20(28)19-9-18(25-26-19)14-7-6-12(21)8-16(14)22/h2-10,24H,1H3,(H,25,26)(H,27,28). The Morgan fingerprint density at radius 1 is 1.18 bits per heavy atom. The second-order valence-corrected chi connectivity index (χ2v) is 7.04. The zero-order valence-corrected chi connectivity index (χ0v) is 16.3. The van der Waals surface area contributed by atoms with Gasteiger partial charge < -0.3 is 4.98 Å². The van der Waals surface area contributed by atoms with Gasteiger partial charge in [0.25, 0.3) is 5.91 Å².